The zero-order valence-corrected chi connectivity index (χ0v) is 17.7. The molecule has 1 atom stereocenters. The van der Waals surface area contributed by atoms with Crippen LogP contribution in [0.15, 0.2) is 21.2 Å². The zero-order chi connectivity index (χ0) is 18.3. The number of hydrogen-bond donors (Lipinski definition) is 2. The highest BCUT2D eigenvalue weighted by atomic mass is 79.9. The van der Waals surface area contributed by atoms with E-state index in [0.29, 0.717) is 17.0 Å². The van der Waals surface area contributed by atoms with Crippen molar-refractivity contribution in [2.45, 2.75) is 77.2 Å². The maximum absolute atomic E-state index is 11.9. The number of nitrogens with one attached hydrogen (secondary N) is 1. The molecule has 0 aliphatic heterocycles. The molecule has 144 valence electrons. The van der Waals surface area contributed by atoms with E-state index in [1.54, 1.807) is 0 Å². The Kier molecular flexibility index (Phi) is 13.0. The molecular weight excluding hydrogens is 402 g/mol. The van der Waals surface area contributed by atoms with Crippen molar-refractivity contribution >= 4 is 34.7 Å². The molecule has 0 aliphatic rings. The average molecular weight is 434 g/mol. The van der Waals surface area contributed by atoms with E-state index < -0.39 is 0 Å². The van der Waals surface area contributed by atoms with Crippen LogP contribution in [0.25, 0.3) is 0 Å². The lowest BCUT2D eigenvalue weighted by Gasteiger charge is -2.16. The van der Waals surface area contributed by atoms with Gasteiger partial charge in [0.15, 0.2) is 10.8 Å². The second-order valence-electron chi connectivity index (χ2n) is 6.30. The summed E-state index contributed by atoms with van der Waals surface area (Å²) in [4.78, 5) is 11.9. The molecule has 0 aromatic carbocycles. The van der Waals surface area contributed by atoms with Gasteiger partial charge in [0.2, 0.25) is 0 Å². The van der Waals surface area contributed by atoms with Crippen molar-refractivity contribution in [1.29, 1.82) is 0 Å². The highest BCUT2D eigenvalue weighted by Gasteiger charge is 2.19. The summed E-state index contributed by atoms with van der Waals surface area (Å²) in [6, 6.07) is 3.69. The minimum absolute atomic E-state index is 0.331. The molecule has 1 unspecified atom stereocenters. The molecule has 1 heterocycles. The molecule has 1 rings (SSSR count). The minimum atomic E-state index is -0.390. The second kappa shape index (κ2) is 14.5. The fourth-order valence-electron chi connectivity index (χ4n) is 2.66. The molecule has 6 heteroatoms. The van der Waals surface area contributed by atoms with Crippen molar-refractivity contribution in [2.24, 2.45) is 0 Å². The van der Waals surface area contributed by atoms with Crippen molar-refractivity contribution in [3.63, 3.8) is 0 Å². The molecule has 1 aromatic heterocycles. The summed E-state index contributed by atoms with van der Waals surface area (Å²) < 4.78 is 11.8. The number of carbonyl (C=O) groups excluding carboxylic acids is 1. The number of alkyl carbamates (subject to hydrolysis) is 1. The number of amides is 1. The van der Waals surface area contributed by atoms with E-state index in [1.165, 1.54) is 38.5 Å². The third-order valence-corrected chi connectivity index (χ3v) is 4.83. The highest BCUT2D eigenvalue weighted by Crippen LogP contribution is 2.28. The first kappa shape index (κ1) is 22.4. The van der Waals surface area contributed by atoms with Crippen LogP contribution < -0.4 is 5.32 Å². The number of carbonyl (C=O) groups is 1. The van der Waals surface area contributed by atoms with Gasteiger partial charge in [0, 0.05) is 6.54 Å². The molecule has 25 heavy (non-hydrogen) atoms. The summed E-state index contributed by atoms with van der Waals surface area (Å²) in [5, 5.41) is 2.76. The van der Waals surface area contributed by atoms with Gasteiger partial charge in [-0.05, 0) is 53.1 Å². The molecule has 0 saturated heterocycles. The first-order valence-corrected chi connectivity index (χ1v) is 10.9. The SMILES string of the molecule is CCCCCCCCCCC(OC(=O)NCCCS)c1ccc(Br)o1. The molecule has 1 N–H and O–H groups in total. The largest absolute Gasteiger partial charge is 0.450 e. The molecule has 0 spiro atoms. The van der Waals surface area contributed by atoms with Gasteiger partial charge in [-0.2, -0.15) is 12.6 Å². The van der Waals surface area contributed by atoms with Gasteiger partial charge in [-0.25, -0.2) is 4.79 Å². The van der Waals surface area contributed by atoms with E-state index in [0.717, 1.165) is 31.4 Å². The van der Waals surface area contributed by atoms with Crippen molar-refractivity contribution in [3.8, 4) is 0 Å². The Morgan fingerprint density at radius 2 is 1.84 bits per heavy atom. The molecule has 0 aliphatic carbocycles. The Hall–Kier alpha value is -0.620. The highest BCUT2D eigenvalue weighted by molar-refractivity contribution is 9.10. The molecule has 0 bridgehead atoms. The molecule has 1 aromatic rings. The summed E-state index contributed by atoms with van der Waals surface area (Å²) in [6.45, 7) is 2.82. The number of rotatable bonds is 14. The smallest absolute Gasteiger partial charge is 0.407 e. The fourth-order valence-corrected chi connectivity index (χ4v) is 3.14. The molecule has 4 nitrogen and oxygen atoms in total. The maximum atomic E-state index is 11.9. The van der Waals surface area contributed by atoms with Crippen LogP contribution in [0.2, 0.25) is 0 Å². The van der Waals surface area contributed by atoms with E-state index in [1.807, 2.05) is 12.1 Å². The first-order valence-electron chi connectivity index (χ1n) is 9.48. The Bertz CT molecular complexity index is 467. The minimum Gasteiger partial charge on any atom is -0.450 e. The lowest BCUT2D eigenvalue weighted by atomic mass is 10.0. The summed E-state index contributed by atoms with van der Waals surface area (Å²) in [5.41, 5.74) is 0. The molecular formula is C19H32BrNO3S. The van der Waals surface area contributed by atoms with E-state index in [-0.39, 0.29) is 12.2 Å². The van der Waals surface area contributed by atoms with Crippen LogP contribution in [0.1, 0.15) is 83.0 Å². The predicted molar refractivity (Wildman–Crippen MR) is 109 cm³/mol. The quantitative estimate of drug-likeness (QED) is 0.254. The summed E-state index contributed by atoms with van der Waals surface area (Å²) in [7, 11) is 0. The number of halogens is 1. The van der Waals surface area contributed by atoms with Crippen LogP contribution in [0.5, 0.6) is 0 Å². The molecule has 1 amide bonds. The standard InChI is InChI=1S/C19H32BrNO3S/c1-2-3-4-5-6-7-8-9-11-16(17-12-13-18(20)23-17)24-19(22)21-14-10-15-25/h12-13,16,25H,2-11,14-15H2,1H3,(H,21,22). The molecule has 0 radical (unpaired) electrons. The Labute approximate surface area is 166 Å². The van der Waals surface area contributed by atoms with Crippen molar-refractivity contribution < 1.29 is 13.9 Å². The van der Waals surface area contributed by atoms with Gasteiger partial charge in [0.05, 0.1) is 0 Å². The van der Waals surface area contributed by atoms with Crippen LogP contribution in [0, 0.1) is 0 Å². The summed E-state index contributed by atoms with van der Waals surface area (Å²) in [5.74, 6) is 1.44. The van der Waals surface area contributed by atoms with Crippen LogP contribution in [-0.2, 0) is 4.74 Å². The Balaban J connectivity index is 2.33. The second-order valence-corrected chi connectivity index (χ2v) is 7.53. The number of hydrogen-bond acceptors (Lipinski definition) is 4. The third kappa shape index (κ3) is 10.9. The van der Waals surface area contributed by atoms with Crippen LogP contribution in [-0.4, -0.2) is 18.4 Å². The van der Waals surface area contributed by atoms with Crippen LogP contribution >= 0.6 is 28.6 Å². The van der Waals surface area contributed by atoms with Gasteiger partial charge in [-0.15, -0.1) is 0 Å². The van der Waals surface area contributed by atoms with Gasteiger partial charge >= 0.3 is 6.09 Å². The molecule has 0 saturated carbocycles. The van der Waals surface area contributed by atoms with E-state index in [2.05, 4.69) is 40.8 Å². The number of unbranched alkanes of at least 4 members (excludes halogenated alkanes) is 7. The van der Waals surface area contributed by atoms with E-state index in [9.17, 15) is 4.79 Å². The summed E-state index contributed by atoms with van der Waals surface area (Å²) in [6.07, 6.45) is 10.9. The normalized spacial score (nSPS) is 12.1. The number of thiol groups is 1. The monoisotopic (exact) mass is 433 g/mol. The van der Waals surface area contributed by atoms with Gasteiger partial charge in [-0.3, -0.25) is 0 Å². The van der Waals surface area contributed by atoms with Gasteiger partial charge in [0.25, 0.3) is 0 Å². The number of ether oxygens (including phenoxy) is 1. The lowest BCUT2D eigenvalue weighted by molar-refractivity contribution is 0.0772. The van der Waals surface area contributed by atoms with Crippen LogP contribution in [0.3, 0.4) is 0 Å². The van der Waals surface area contributed by atoms with Gasteiger partial charge in [0.1, 0.15) is 5.76 Å². The average Bonchev–Trinajstić information content (AvgIpc) is 3.03. The van der Waals surface area contributed by atoms with E-state index in [4.69, 9.17) is 9.15 Å². The van der Waals surface area contributed by atoms with Crippen molar-refractivity contribution in [1.82, 2.24) is 5.32 Å². The Morgan fingerprint density at radius 3 is 2.44 bits per heavy atom. The van der Waals surface area contributed by atoms with Gasteiger partial charge in [-0.1, -0.05) is 51.9 Å². The van der Waals surface area contributed by atoms with Crippen LogP contribution in [0.4, 0.5) is 4.79 Å². The van der Waals surface area contributed by atoms with Crippen molar-refractivity contribution in [2.75, 3.05) is 12.3 Å². The summed E-state index contributed by atoms with van der Waals surface area (Å²) >= 11 is 7.44. The third-order valence-electron chi connectivity index (χ3n) is 4.08. The van der Waals surface area contributed by atoms with Gasteiger partial charge < -0.3 is 14.5 Å². The number of furan rings is 1. The molecule has 0 fully saturated rings. The van der Waals surface area contributed by atoms with E-state index >= 15 is 0 Å². The van der Waals surface area contributed by atoms with Crippen molar-refractivity contribution in [3.05, 3.63) is 22.6 Å². The lowest BCUT2D eigenvalue weighted by Crippen LogP contribution is -2.27. The fraction of sp³-hybridized carbons (Fsp3) is 0.737. The maximum Gasteiger partial charge on any atom is 0.407 e. The Morgan fingerprint density at radius 1 is 1.16 bits per heavy atom. The predicted octanol–water partition coefficient (Wildman–Crippen LogP) is 6.66. The zero-order valence-electron chi connectivity index (χ0n) is 15.3. The topological polar surface area (TPSA) is 51.5 Å². The first-order chi connectivity index (χ1) is 12.2.